The number of nitrogens with zero attached hydrogens (tertiary/aromatic N) is 1. The monoisotopic (exact) mass is 215 g/mol. The molecule has 3 nitrogen and oxygen atoms in total. The third-order valence-electron chi connectivity index (χ3n) is 1.44. The molecule has 1 aromatic carbocycles. The van der Waals surface area contributed by atoms with Gasteiger partial charge in [-0.05, 0) is 17.7 Å². The Balaban J connectivity index is 2.97. The quantitative estimate of drug-likeness (QED) is 0.767. The van der Waals surface area contributed by atoms with E-state index < -0.39 is 11.1 Å². The lowest BCUT2D eigenvalue weighted by molar-refractivity contribution is 0.563. The Morgan fingerprint density at radius 3 is 2.77 bits per heavy atom. The van der Waals surface area contributed by atoms with Crippen LogP contribution in [0.2, 0.25) is 5.02 Å². The number of benzene rings is 1. The van der Waals surface area contributed by atoms with Crippen LogP contribution in [-0.4, -0.2) is 8.76 Å². The van der Waals surface area contributed by atoms with E-state index in [1.165, 1.54) is 12.1 Å². The van der Waals surface area contributed by atoms with Crippen molar-refractivity contribution in [1.82, 2.24) is 0 Å². The SMILES string of the molecule is N#Cc1ccc(CS(=O)O)cc1Cl. The second-order valence-electron chi connectivity index (χ2n) is 2.39. The summed E-state index contributed by atoms with van der Waals surface area (Å²) in [4.78, 5) is 0. The summed E-state index contributed by atoms with van der Waals surface area (Å²) in [5.74, 6) is 0.0332. The predicted octanol–water partition coefficient (Wildman–Crippen LogP) is 1.93. The average Bonchev–Trinajstić information content (AvgIpc) is 2.03. The van der Waals surface area contributed by atoms with Crippen molar-refractivity contribution < 1.29 is 8.76 Å². The Morgan fingerprint density at radius 1 is 1.62 bits per heavy atom. The first-order valence-electron chi connectivity index (χ1n) is 3.39. The van der Waals surface area contributed by atoms with Crippen LogP contribution < -0.4 is 0 Å². The highest BCUT2D eigenvalue weighted by Crippen LogP contribution is 2.17. The van der Waals surface area contributed by atoms with E-state index in [1.807, 2.05) is 6.07 Å². The highest BCUT2D eigenvalue weighted by atomic mass is 35.5. The Kier molecular flexibility index (Phi) is 3.43. The zero-order valence-electron chi connectivity index (χ0n) is 6.53. The van der Waals surface area contributed by atoms with Crippen molar-refractivity contribution >= 4 is 22.7 Å². The molecule has 1 aromatic rings. The molecule has 0 fully saturated rings. The molecule has 0 saturated carbocycles. The van der Waals surface area contributed by atoms with Crippen molar-refractivity contribution in [1.29, 1.82) is 5.26 Å². The van der Waals surface area contributed by atoms with Crippen LogP contribution in [0.1, 0.15) is 11.1 Å². The zero-order valence-corrected chi connectivity index (χ0v) is 8.10. The molecule has 0 bridgehead atoms. The molecule has 0 aliphatic carbocycles. The van der Waals surface area contributed by atoms with Crippen molar-refractivity contribution in [3.63, 3.8) is 0 Å². The topological polar surface area (TPSA) is 61.1 Å². The summed E-state index contributed by atoms with van der Waals surface area (Å²) in [7, 11) is 0. The maximum absolute atomic E-state index is 10.4. The summed E-state index contributed by atoms with van der Waals surface area (Å²) in [5, 5.41) is 8.86. The molecule has 1 atom stereocenters. The van der Waals surface area contributed by atoms with E-state index in [2.05, 4.69) is 0 Å². The molecule has 0 aliphatic rings. The van der Waals surface area contributed by atoms with Gasteiger partial charge in [-0.3, -0.25) is 0 Å². The predicted molar refractivity (Wildman–Crippen MR) is 50.6 cm³/mol. The van der Waals surface area contributed by atoms with Crippen LogP contribution in [-0.2, 0) is 16.8 Å². The molecule has 0 aromatic heterocycles. The summed E-state index contributed by atoms with van der Waals surface area (Å²) in [6, 6.07) is 6.57. The molecule has 0 aliphatic heterocycles. The highest BCUT2D eigenvalue weighted by molar-refractivity contribution is 7.78. The van der Waals surface area contributed by atoms with E-state index in [4.69, 9.17) is 21.4 Å². The highest BCUT2D eigenvalue weighted by Gasteiger charge is 2.02. The molecule has 0 radical (unpaired) electrons. The van der Waals surface area contributed by atoms with E-state index in [-0.39, 0.29) is 5.75 Å². The maximum Gasteiger partial charge on any atom is 0.157 e. The molecular formula is C8H6ClNO2S. The van der Waals surface area contributed by atoms with Crippen LogP contribution >= 0.6 is 11.6 Å². The summed E-state index contributed by atoms with van der Waals surface area (Å²) in [5.41, 5.74) is 1.01. The minimum absolute atomic E-state index is 0.0332. The van der Waals surface area contributed by atoms with Gasteiger partial charge in [-0.25, -0.2) is 4.21 Å². The van der Waals surface area contributed by atoms with Crippen molar-refractivity contribution in [3.05, 3.63) is 34.3 Å². The molecule has 0 saturated heterocycles. The molecule has 1 N–H and O–H groups in total. The lowest BCUT2D eigenvalue weighted by atomic mass is 10.2. The summed E-state index contributed by atoms with van der Waals surface area (Å²) < 4.78 is 19.0. The number of hydrogen-bond acceptors (Lipinski definition) is 2. The van der Waals surface area contributed by atoms with Gasteiger partial charge in [0.25, 0.3) is 0 Å². The molecule has 13 heavy (non-hydrogen) atoms. The summed E-state index contributed by atoms with van der Waals surface area (Å²) in [6.07, 6.45) is 0. The molecule has 1 unspecified atom stereocenters. The fourth-order valence-electron chi connectivity index (χ4n) is 0.882. The van der Waals surface area contributed by atoms with Gasteiger partial charge >= 0.3 is 0 Å². The number of nitriles is 1. The zero-order chi connectivity index (χ0) is 9.84. The van der Waals surface area contributed by atoms with Crippen LogP contribution in [0.3, 0.4) is 0 Å². The minimum atomic E-state index is -1.87. The van der Waals surface area contributed by atoms with Gasteiger partial charge in [0, 0.05) is 0 Å². The van der Waals surface area contributed by atoms with E-state index in [0.29, 0.717) is 16.1 Å². The number of halogens is 1. The normalized spacial score (nSPS) is 12.1. The number of hydrogen-bond donors (Lipinski definition) is 1. The van der Waals surface area contributed by atoms with Crippen LogP contribution in [0.25, 0.3) is 0 Å². The van der Waals surface area contributed by atoms with Crippen LogP contribution in [0, 0.1) is 11.3 Å². The van der Waals surface area contributed by atoms with Crippen LogP contribution in [0.15, 0.2) is 18.2 Å². The van der Waals surface area contributed by atoms with Gasteiger partial charge in [0.2, 0.25) is 0 Å². The van der Waals surface area contributed by atoms with Gasteiger partial charge in [-0.2, -0.15) is 5.26 Å². The minimum Gasteiger partial charge on any atom is -0.306 e. The van der Waals surface area contributed by atoms with E-state index >= 15 is 0 Å². The molecule has 0 spiro atoms. The second-order valence-corrected chi connectivity index (χ2v) is 3.73. The second kappa shape index (κ2) is 4.38. The van der Waals surface area contributed by atoms with Crippen LogP contribution in [0.4, 0.5) is 0 Å². The Hall–Kier alpha value is -0.890. The lowest BCUT2D eigenvalue weighted by Gasteiger charge is -1.99. The Morgan fingerprint density at radius 2 is 2.31 bits per heavy atom. The average molecular weight is 216 g/mol. The molecular weight excluding hydrogens is 210 g/mol. The van der Waals surface area contributed by atoms with Gasteiger partial charge in [0.05, 0.1) is 16.3 Å². The van der Waals surface area contributed by atoms with Gasteiger partial charge < -0.3 is 4.55 Å². The lowest BCUT2D eigenvalue weighted by Crippen LogP contribution is -1.93. The van der Waals surface area contributed by atoms with Crippen molar-refractivity contribution in [3.8, 4) is 6.07 Å². The Labute approximate surface area is 83.2 Å². The molecule has 1 rings (SSSR count). The summed E-state index contributed by atoms with van der Waals surface area (Å²) in [6.45, 7) is 0. The molecule has 5 heteroatoms. The molecule has 0 heterocycles. The first-order chi connectivity index (χ1) is 6.13. The fraction of sp³-hybridized carbons (Fsp3) is 0.125. The third kappa shape index (κ3) is 2.81. The summed E-state index contributed by atoms with van der Waals surface area (Å²) >= 11 is 3.83. The molecule has 68 valence electrons. The fourth-order valence-corrected chi connectivity index (χ4v) is 1.59. The van der Waals surface area contributed by atoms with Crippen LogP contribution in [0.5, 0.6) is 0 Å². The first-order valence-corrected chi connectivity index (χ1v) is 5.05. The van der Waals surface area contributed by atoms with E-state index in [9.17, 15) is 4.21 Å². The Bertz CT molecular complexity index is 386. The first kappa shape index (κ1) is 10.2. The van der Waals surface area contributed by atoms with Gasteiger partial charge in [0.1, 0.15) is 6.07 Å². The van der Waals surface area contributed by atoms with E-state index in [1.54, 1.807) is 6.07 Å². The third-order valence-corrected chi connectivity index (χ3v) is 2.34. The smallest absolute Gasteiger partial charge is 0.157 e. The molecule has 0 amide bonds. The van der Waals surface area contributed by atoms with E-state index in [0.717, 1.165) is 0 Å². The van der Waals surface area contributed by atoms with Gasteiger partial charge in [-0.1, -0.05) is 17.7 Å². The van der Waals surface area contributed by atoms with Gasteiger partial charge in [0.15, 0.2) is 11.1 Å². The van der Waals surface area contributed by atoms with Crippen molar-refractivity contribution in [2.24, 2.45) is 0 Å². The largest absolute Gasteiger partial charge is 0.306 e. The van der Waals surface area contributed by atoms with Crippen molar-refractivity contribution in [2.45, 2.75) is 5.75 Å². The number of rotatable bonds is 2. The van der Waals surface area contributed by atoms with Crippen molar-refractivity contribution in [2.75, 3.05) is 0 Å². The maximum atomic E-state index is 10.4. The van der Waals surface area contributed by atoms with Gasteiger partial charge in [-0.15, -0.1) is 0 Å². The standard InChI is InChI=1S/C8H6ClNO2S/c9-8-3-6(5-13(11)12)1-2-7(8)4-10/h1-3H,5H2,(H,11,12).